The van der Waals surface area contributed by atoms with Crippen LogP contribution in [0.4, 0.5) is 0 Å². The standard InChI is InChI=1S/C21H22O4/c1-2-19(15-16-24-21(23)18-11-7-4-8-12-18)25-20(22)14-13-17-9-5-3-6-10-17/h3-14,19H,2,15-16H2,1H3. The van der Waals surface area contributed by atoms with Crippen LogP contribution < -0.4 is 0 Å². The summed E-state index contributed by atoms with van der Waals surface area (Å²) >= 11 is 0. The summed E-state index contributed by atoms with van der Waals surface area (Å²) in [7, 11) is 0. The second-order valence-electron chi connectivity index (χ2n) is 5.50. The zero-order chi connectivity index (χ0) is 17.9. The summed E-state index contributed by atoms with van der Waals surface area (Å²) in [6.07, 6.45) is 3.98. The van der Waals surface area contributed by atoms with Crippen LogP contribution in [-0.2, 0) is 14.3 Å². The SMILES string of the molecule is CCC(CCOC(=O)c1ccccc1)OC(=O)C=Cc1ccccc1. The normalized spacial score (nSPS) is 11.9. The van der Waals surface area contributed by atoms with Gasteiger partial charge in [-0.1, -0.05) is 55.5 Å². The van der Waals surface area contributed by atoms with Crippen LogP contribution in [-0.4, -0.2) is 24.6 Å². The molecule has 0 heterocycles. The van der Waals surface area contributed by atoms with E-state index in [0.717, 1.165) is 5.56 Å². The van der Waals surface area contributed by atoms with Gasteiger partial charge in [0, 0.05) is 12.5 Å². The summed E-state index contributed by atoms with van der Waals surface area (Å²) in [5, 5.41) is 0. The smallest absolute Gasteiger partial charge is 0.338 e. The lowest BCUT2D eigenvalue weighted by molar-refractivity contribution is -0.143. The fourth-order valence-electron chi connectivity index (χ4n) is 2.22. The highest BCUT2D eigenvalue weighted by Crippen LogP contribution is 2.08. The van der Waals surface area contributed by atoms with Crippen molar-refractivity contribution in [3.8, 4) is 0 Å². The Kier molecular flexibility index (Phi) is 7.44. The van der Waals surface area contributed by atoms with Gasteiger partial charge in [0.1, 0.15) is 6.10 Å². The molecule has 0 aliphatic heterocycles. The molecule has 1 unspecified atom stereocenters. The van der Waals surface area contributed by atoms with Gasteiger partial charge in [0.25, 0.3) is 0 Å². The molecule has 0 saturated carbocycles. The molecule has 0 spiro atoms. The number of carbonyl (C=O) groups is 2. The molecule has 0 fully saturated rings. The summed E-state index contributed by atoms with van der Waals surface area (Å²) < 4.78 is 10.6. The molecule has 0 aliphatic rings. The van der Waals surface area contributed by atoms with Gasteiger partial charge in [-0.3, -0.25) is 0 Å². The molecule has 0 saturated heterocycles. The van der Waals surface area contributed by atoms with Crippen molar-refractivity contribution in [2.75, 3.05) is 6.61 Å². The Morgan fingerprint density at radius 3 is 2.28 bits per heavy atom. The Morgan fingerprint density at radius 2 is 1.64 bits per heavy atom. The molecule has 4 heteroatoms. The lowest BCUT2D eigenvalue weighted by Crippen LogP contribution is -2.19. The van der Waals surface area contributed by atoms with Crippen molar-refractivity contribution in [2.24, 2.45) is 0 Å². The Labute approximate surface area is 148 Å². The maximum atomic E-state index is 11.9. The van der Waals surface area contributed by atoms with E-state index in [4.69, 9.17) is 9.47 Å². The van der Waals surface area contributed by atoms with Crippen LogP contribution in [0.15, 0.2) is 66.7 Å². The third kappa shape index (κ3) is 6.63. The molecule has 0 aromatic heterocycles. The number of esters is 2. The highest BCUT2D eigenvalue weighted by Gasteiger charge is 2.13. The summed E-state index contributed by atoms with van der Waals surface area (Å²) in [6.45, 7) is 2.14. The zero-order valence-corrected chi connectivity index (χ0v) is 14.3. The van der Waals surface area contributed by atoms with Gasteiger partial charge < -0.3 is 9.47 Å². The maximum Gasteiger partial charge on any atom is 0.338 e. The Bertz CT molecular complexity index is 692. The number of rotatable bonds is 8. The molecule has 0 bridgehead atoms. The van der Waals surface area contributed by atoms with E-state index in [1.165, 1.54) is 6.08 Å². The molecule has 0 amide bonds. The Hall–Kier alpha value is -2.88. The second kappa shape index (κ2) is 10.1. The summed E-state index contributed by atoms with van der Waals surface area (Å²) in [6, 6.07) is 18.3. The predicted octanol–water partition coefficient (Wildman–Crippen LogP) is 4.27. The van der Waals surface area contributed by atoms with Gasteiger partial charge in [-0.15, -0.1) is 0 Å². The number of hydrogen-bond acceptors (Lipinski definition) is 4. The van der Waals surface area contributed by atoms with E-state index >= 15 is 0 Å². The zero-order valence-electron chi connectivity index (χ0n) is 14.3. The first-order valence-corrected chi connectivity index (χ1v) is 8.35. The molecule has 2 aromatic carbocycles. The lowest BCUT2D eigenvalue weighted by atomic mass is 10.2. The van der Waals surface area contributed by atoms with E-state index in [0.29, 0.717) is 18.4 Å². The second-order valence-corrected chi connectivity index (χ2v) is 5.50. The van der Waals surface area contributed by atoms with Crippen molar-refractivity contribution in [3.63, 3.8) is 0 Å². The predicted molar refractivity (Wildman–Crippen MR) is 97.0 cm³/mol. The molecular weight excluding hydrogens is 316 g/mol. The number of carbonyl (C=O) groups excluding carboxylic acids is 2. The molecule has 2 aromatic rings. The summed E-state index contributed by atoms with van der Waals surface area (Å²) in [5.74, 6) is -0.768. The van der Waals surface area contributed by atoms with E-state index < -0.39 is 5.97 Å². The van der Waals surface area contributed by atoms with E-state index in [1.807, 2.05) is 43.3 Å². The van der Waals surface area contributed by atoms with E-state index in [-0.39, 0.29) is 18.7 Å². The lowest BCUT2D eigenvalue weighted by Gasteiger charge is -2.15. The molecule has 0 radical (unpaired) electrons. The van der Waals surface area contributed by atoms with Gasteiger partial charge in [-0.05, 0) is 30.2 Å². The highest BCUT2D eigenvalue weighted by molar-refractivity contribution is 5.89. The van der Waals surface area contributed by atoms with E-state index in [9.17, 15) is 9.59 Å². The Morgan fingerprint density at radius 1 is 1.00 bits per heavy atom. The topological polar surface area (TPSA) is 52.6 Å². The van der Waals surface area contributed by atoms with Crippen LogP contribution in [0.1, 0.15) is 35.7 Å². The minimum Gasteiger partial charge on any atom is -0.462 e. The monoisotopic (exact) mass is 338 g/mol. The van der Waals surface area contributed by atoms with Crippen LogP contribution >= 0.6 is 0 Å². The van der Waals surface area contributed by atoms with Gasteiger partial charge in [0.05, 0.1) is 12.2 Å². The molecule has 2 rings (SSSR count). The quantitative estimate of drug-likeness (QED) is 0.533. The van der Waals surface area contributed by atoms with Crippen LogP contribution in [0.25, 0.3) is 6.08 Å². The molecule has 130 valence electrons. The summed E-state index contributed by atoms with van der Waals surface area (Å²) in [5.41, 5.74) is 1.45. The molecule has 0 aliphatic carbocycles. The van der Waals surface area contributed by atoms with Crippen LogP contribution in [0.5, 0.6) is 0 Å². The summed E-state index contributed by atoms with van der Waals surface area (Å²) in [4.78, 5) is 23.7. The van der Waals surface area contributed by atoms with Crippen LogP contribution in [0.2, 0.25) is 0 Å². The maximum absolute atomic E-state index is 11.9. The molecule has 25 heavy (non-hydrogen) atoms. The van der Waals surface area contributed by atoms with Crippen LogP contribution in [0, 0.1) is 0 Å². The minimum absolute atomic E-state index is 0.210. The van der Waals surface area contributed by atoms with E-state index in [2.05, 4.69) is 0 Å². The molecular formula is C21H22O4. The number of benzene rings is 2. The van der Waals surface area contributed by atoms with Crippen molar-refractivity contribution in [2.45, 2.75) is 25.9 Å². The van der Waals surface area contributed by atoms with E-state index in [1.54, 1.807) is 30.3 Å². The first-order valence-electron chi connectivity index (χ1n) is 8.35. The van der Waals surface area contributed by atoms with Crippen molar-refractivity contribution >= 4 is 18.0 Å². The fraction of sp³-hybridized carbons (Fsp3) is 0.238. The van der Waals surface area contributed by atoms with Crippen molar-refractivity contribution < 1.29 is 19.1 Å². The van der Waals surface area contributed by atoms with Crippen molar-refractivity contribution in [1.29, 1.82) is 0 Å². The Balaban J connectivity index is 1.75. The number of ether oxygens (including phenoxy) is 2. The van der Waals surface area contributed by atoms with Crippen molar-refractivity contribution in [1.82, 2.24) is 0 Å². The van der Waals surface area contributed by atoms with Gasteiger partial charge in [0.2, 0.25) is 0 Å². The fourth-order valence-corrected chi connectivity index (χ4v) is 2.22. The first kappa shape index (κ1) is 18.5. The van der Waals surface area contributed by atoms with Crippen LogP contribution in [0.3, 0.4) is 0 Å². The van der Waals surface area contributed by atoms with Gasteiger partial charge in [-0.25, -0.2) is 9.59 Å². The minimum atomic E-state index is -0.398. The molecule has 4 nitrogen and oxygen atoms in total. The third-order valence-electron chi connectivity index (χ3n) is 3.63. The highest BCUT2D eigenvalue weighted by atomic mass is 16.6. The average Bonchev–Trinajstić information content (AvgIpc) is 2.67. The molecule has 0 N–H and O–H groups in total. The van der Waals surface area contributed by atoms with Gasteiger partial charge >= 0.3 is 11.9 Å². The largest absolute Gasteiger partial charge is 0.462 e. The first-order chi connectivity index (χ1) is 12.2. The van der Waals surface area contributed by atoms with Gasteiger partial charge in [-0.2, -0.15) is 0 Å². The number of hydrogen-bond donors (Lipinski definition) is 0. The average molecular weight is 338 g/mol. The van der Waals surface area contributed by atoms with Gasteiger partial charge in [0.15, 0.2) is 0 Å². The third-order valence-corrected chi connectivity index (χ3v) is 3.63. The van der Waals surface area contributed by atoms with Crippen molar-refractivity contribution in [3.05, 3.63) is 77.9 Å². The molecule has 1 atom stereocenters.